The first-order valence-corrected chi connectivity index (χ1v) is 7.53. The van der Waals surface area contributed by atoms with Crippen LogP contribution in [0.25, 0.3) is 0 Å². The molecule has 0 saturated heterocycles. The molecule has 0 unspecified atom stereocenters. The molecule has 0 spiro atoms. The van der Waals surface area contributed by atoms with Gasteiger partial charge in [0.1, 0.15) is 5.82 Å². The Morgan fingerprint density at radius 3 is 2.52 bits per heavy atom. The Labute approximate surface area is 124 Å². The Kier molecular flexibility index (Phi) is 3.84. The summed E-state index contributed by atoms with van der Waals surface area (Å²) >= 11 is 1.31. The smallest absolute Gasteiger partial charge is 0.330 e. The largest absolute Gasteiger partial charge is 0.389 e. The summed E-state index contributed by atoms with van der Waals surface area (Å²) in [5.41, 5.74) is 1.48. The van der Waals surface area contributed by atoms with Gasteiger partial charge >= 0.3 is 6.18 Å². The van der Waals surface area contributed by atoms with Crippen LogP contribution in [0.3, 0.4) is 0 Å². The molecule has 1 aliphatic carbocycles. The van der Waals surface area contributed by atoms with Gasteiger partial charge in [0, 0.05) is 29.6 Å². The third-order valence-corrected chi connectivity index (χ3v) is 3.93. The number of anilines is 2. The average molecular weight is 313 g/mol. The Bertz CT molecular complexity index is 603. The molecule has 0 bridgehead atoms. The van der Waals surface area contributed by atoms with E-state index in [0.29, 0.717) is 11.5 Å². The summed E-state index contributed by atoms with van der Waals surface area (Å²) in [6.45, 7) is 0. The lowest BCUT2D eigenvalue weighted by atomic mass is 10.1. The van der Waals surface area contributed by atoms with Crippen LogP contribution in [-0.2, 0) is 6.42 Å². The summed E-state index contributed by atoms with van der Waals surface area (Å²) in [4.78, 5) is 4.41. The van der Waals surface area contributed by atoms with Gasteiger partial charge in [-0.05, 0) is 37.0 Å². The van der Waals surface area contributed by atoms with E-state index < -0.39 is 12.6 Å². The van der Waals surface area contributed by atoms with Crippen LogP contribution in [0.5, 0.6) is 0 Å². The summed E-state index contributed by atoms with van der Waals surface area (Å²) < 4.78 is 40.8. The van der Waals surface area contributed by atoms with E-state index in [0.717, 1.165) is 29.5 Å². The molecular formula is C14H14F3N3S. The lowest BCUT2D eigenvalue weighted by Crippen LogP contribution is -2.08. The lowest BCUT2D eigenvalue weighted by molar-refractivity contribution is -0.133. The fourth-order valence-corrected chi connectivity index (χ4v) is 2.63. The zero-order chi connectivity index (χ0) is 14.9. The molecule has 7 heteroatoms. The maximum Gasteiger partial charge on any atom is 0.389 e. The molecule has 3 rings (SSSR count). The molecule has 112 valence electrons. The number of aromatic nitrogens is 2. The molecule has 1 aliphatic rings. The van der Waals surface area contributed by atoms with Crippen molar-refractivity contribution in [1.82, 2.24) is 9.36 Å². The molecule has 1 N–H and O–H groups in total. The molecule has 0 atom stereocenters. The predicted molar refractivity (Wildman–Crippen MR) is 76.0 cm³/mol. The van der Waals surface area contributed by atoms with Crippen molar-refractivity contribution >= 4 is 22.4 Å². The van der Waals surface area contributed by atoms with E-state index in [2.05, 4.69) is 14.7 Å². The van der Waals surface area contributed by atoms with Gasteiger partial charge in [0.25, 0.3) is 0 Å². The first kappa shape index (κ1) is 14.3. The van der Waals surface area contributed by atoms with E-state index in [1.54, 1.807) is 24.3 Å². The van der Waals surface area contributed by atoms with Gasteiger partial charge in [-0.1, -0.05) is 12.1 Å². The number of hydrogen-bond donors (Lipinski definition) is 1. The Hall–Kier alpha value is -1.63. The van der Waals surface area contributed by atoms with Crippen LogP contribution in [0.1, 0.15) is 36.6 Å². The quantitative estimate of drug-likeness (QED) is 0.873. The highest BCUT2D eigenvalue weighted by molar-refractivity contribution is 7.09. The maximum atomic E-state index is 12.2. The summed E-state index contributed by atoms with van der Waals surface area (Å²) in [6.07, 6.45) is -2.58. The Morgan fingerprint density at radius 1 is 1.19 bits per heavy atom. The molecule has 1 saturated carbocycles. The van der Waals surface area contributed by atoms with Crippen LogP contribution in [0.4, 0.5) is 24.0 Å². The highest BCUT2D eigenvalue weighted by Gasteiger charge is 2.28. The number of nitrogens with zero attached hydrogens (tertiary/aromatic N) is 2. The second-order valence-electron chi connectivity index (χ2n) is 5.17. The van der Waals surface area contributed by atoms with Crippen LogP contribution >= 0.6 is 11.5 Å². The molecule has 21 heavy (non-hydrogen) atoms. The van der Waals surface area contributed by atoms with Gasteiger partial charge in [-0.15, -0.1) is 0 Å². The van der Waals surface area contributed by atoms with Crippen LogP contribution in [-0.4, -0.2) is 15.5 Å². The highest BCUT2D eigenvalue weighted by Crippen LogP contribution is 2.39. The molecule has 1 heterocycles. The minimum atomic E-state index is -4.11. The van der Waals surface area contributed by atoms with Crippen molar-refractivity contribution in [1.29, 1.82) is 0 Å². The summed E-state index contributed by atoms with van der Waals surface area (Å²) in [5, 5.41) is 3.85. The number of hydrogen-bond acceptors (Lipinski definition) is 4. The van der Waals surface area contributed by atoms with Gasteiger partial charge in [-0.25, -0.2) is 4.98 Å². The summed E-state index contributed by atoms with van der Waals surface area (Å²) in [6, 6.07) is 6.95. The third-order valence-electron chi connectivity index (χ3n) is 3.29. The molecule has 1 aromatic heterocycles. The van der Waals surface area contributed by atoms with Gasteiger partial charge in [0.2, 0.25) is 5.13 Å². The zero-order valence-corrected chi connectivity index (χ0v) is 12.0. The molecule has 3 nitrogen and oxygen atoms in total. The van der Waals surface area contributed by atoms with E-state index in [1.165, 1.54) is 11.5 Å². The van der Waals surface area contributed by atoms with Crippen LogP contribution in [0.2, 0.25) is 0 Å². The summed E-state index contributed by atoms with van der Waals surface area (Å²) in [7, 11) is 0. The molecule has 0 amide bonds. The number of benzene rings is 1. The highest BCUT2D eigenvalue weighted by atomic mass is 32.1. The number of nitrogens with one attached hydrogen (secondary N) is 1. The average Bonchev–Trinajstić information content (AvgIpc) is 3.18. The standard InChI is InChI=1S/C14H14F3N3S/c15-14(16,17)8-7-9-1-5-11(6-2-9)18-13-19-12(20-21-13)10-3-4-10/h1-2,5-6,10H,3-4,7-8H2,(H,18,19,20). The topological polar surface area (TPSA) is 37.8 Å². The van der Waals surface area contributed by atoms with Gasteiger partial charge in [-0.2, -0.15) is 17.5 Å². The van der Waals surface area contributed by atoms with Gasteiger partial charge in [0.15, 0.2) is 0 Å². The number of alkyl halides is 3. The van der Waals surface area contributed by atoms with E-state index in [4.69, 9.17) is 0 Å². The van der Waals surface area contributed by atoms with Crippen LogP contribution in [0, 0.1) is 0 Å². The van der Waals surface area contributed by atoms with Crippen molar-refractivity contribution in [3.8, 4) is 0 Å². The lowest BCUT2D eigenvalue weighted by Gasteiger charge is -2.07. The van der Waals surface area contributed by atoms with E-state index >= 15 is 0 Å². The van der Waals surface area contributed by atoms with Crippen molar-refractivity contribution in [2.45, 2.75) is 37.8 Å². The van der Waals surface area contributed by atoms with E-state index in [1.807, 2.05) is 0 Å². The van der Waals surface area contributed by atoms with Gasteiger partial charge in [0.05, 0.1) is 0 Å². The molecular weight excluding hydrogens is 299 g/mol. The first-order valence-electron chi connectivity index (χ1n) is 6.76. The Morgan fingerprint density at radius 2 is 1.90 bits per heavy atom. The van der Waals surface area contributed by atoms with Crippen molar-refractivity contribution in [2.24, 2.45) is 0 Å². The monoisotopic (exact) mass is 313 g/mol. The Balaban J connectivity index is 1.58. The predicted octanol–water partition coefficient (Wildman–Crippen LogP) is 4.65. The molecule has 1 fully saturated rings. The molecule has 1 aromatic carbocycles. The van der Waals surface area contributed by atoms with E-state index in [9.17, 15) is 13.2 Å². The van der Waals surface area contributed by atoms with Crippen molar-refractivity contribution in [2.75, 3.05) is 5.32 Å². The maximum absolute atomic E-state index is 12.2. The van der Waals surface area contributed by atoms with Gasteiger partial charge < -0.3 is 5.32 Å². The van der Waals surface area contributed by atoms with Crippen molar-refractivity contribution < 1.29 is 13.2 Å². The van der Waals surface area contributed by atoms with Crippen LogP contribution < -0.4 is 5.32 Å². The first-order chi connectivity index (χ1) is 9.99. The number of halogens is 3. The fourth-order valence-electron chi connectivity index (χ4n) is 1.96. The number of rotatable bonds is 5. The normalized spacial score (nSPS) is 15.2. The van der Waals surface area contributed by atoms with Crippen molar-refractivity contribution in [3.63, 3.8) is 0 Å². The number of aryl methyl sites for hydroxylation is 1. The SMILES string of the molecule is FC(F)(F)CCc1ccc(Nc2nc(C3CC3)ns2)cc1. The second-order valence-corrected chi connectivity index (χ2v) is 5.92. The van der Waals surface area contributed by atoms with Crippen LogP contribution in [0.15, 0.2) is 24.3 Å². The zero-order valence-electron chi connectivity index (χ0n) is 11.2. The minimum absolute atomic E-state index is 0.00835. The summed E-state index contributed by atoms with van der Waals surface area (Å²) in [5.74, 6) is 1.41. The third kappa shape index (κ3) is 4.17. The molecule has 2 aromatic rings. The fraction of sp³-hybridized carbons (Fsp3) is 0.429. The van der Waals surface area contributed by atoms with Gasteiger partial charge in [-0.3, -0.25) is 0 Å². The minimum Gasteiger partial charge on any atom is -0.330 e. The molecule has 0 aliphatic heterocycles. The molecule has 0 radical (unpaired) electrons. The second kappa shape index (κ2) is 5.63. The van der Waals surface area contributed by atoms with Crippen molar-refractivity contribution in [3.05, 3.63) is 35.7 Å². The van der Waals surface area contributed by atoms with E-state index in [-0.39, 0.29) is 6.42 Å².